The van der Waals surface area contributed by atoms with E-state index in [0.717, 1.165) is 17.3 Å². The van der Waals surface area contributed by atoms with Crippen LogP contribution in [0.2, 0.25) is 0 Å². The van der Waals surface area contributed by atoms with Gasteiger partial charge in [-0.2, -0.15) is 5.10 Å². The summed E-state index contributed by atoms with van der Waals surface area (Å²) in [4.78, 5) is 1.16. The van der Waals surface area contributed by atoms with E-state index >= 15 is 0 Å². The molecule has 1 aromatic rings. The van der Waals surface area contributed by atoms with E-state index in [9.17, 15) is 0 Å². The van der Waals surface area contributed by atoms with Gasteiger partial charge < -0.3 is 10.5 Å². The third-order valence-corrected chi connectivity index (χ3v) is 2.86. The molecule has 0 aliphatic carbocycles. The van der Waals surface area contributed by atoms with Crippen molar-refractivity contribution in [1.82, 2.24) is 9.78 Å². The van der Waals surface area contributed by atoms with Crippen molar-refractivity contribution in [3.8, 4) is 0 Å². The molecular weight excluding hydrogens is 198 g/mol. The first kappa shape index (κ1) is 11.6. The van der Waals surface area contributed by atoms with Crippen LogP contribution < -0.4 is 5.73 Å². The topological polar surface area (TPSA) is 53.1 Å². The highest BCUT2D eigenvalue weighted by molar-refractivity contribution is 7.99. The Morgan fingerprint density at radius 3 is 3.00 bits per heavy atom. The lowest BCUT2D eigenvalue weighted by molar-refractivity contribution is 0.0858. The van der Waals surface area contributed by atoms with Crippen molar-refractivity contribution in [3.05, 3.63) is 12.4 Å². The van der Waals surface area contributed by atoms with Gasteiger partial charge in [0.1, 0.15) is 0 Å². The van der Waals surface area contributed by atoms with Crippen LogP contribution in [-0.4, -0.2) is 34.8 Å². The zero-order valence-electron chi connectivity index (χ0n) is 8.64. The van der Waals surface area contributed by atoms with E-state index in [0.29, 0.717) is 6.54 Å². The van der Waals surface area contributed by atoms with Gasteiger partial charge in [-0.15, -0.1) is 11.8 Å². The van der Waals surface area contributed by atoms with Gasteiger partial charge in [0, 0.05) is 37.0 Å². The molecule has 4 nitrogen and oxygen atoms in total. The summed E-state index contributed by atoms with van der Waals surface area (Å²) in [5.41, 5.74) is 5.57. The Bertz CT molecular complexity index is 264. The third-order valence-electron chi connectivity index (χ3n) is 1.78. The number of thioether (sulfide) groups is 1. The summed E-state index contributed by atoms with van der Waals surface area (Å²) >= 11 is 1.73. The molecule has 0 saturated carbocycles. The van der Waals surface area contributed by atoms with Crippen molar-refractivity contribution in [1.29, 1.82) is 0 Å². The van der Waals surface area contributed by atoms with Crippen molar-refractivity contribution in [2.45, 2.75) is 17.9 Å². The molecule has 1 rings (SSSR count). The predicted molar refractivity (Wildman–Crippen MR) is 58.4 cm³/mol. The Labute approximate surface area is 88.8 Å². The fourth-order valence-electron chi connectivity index (χ4n) is 1.08. The highest BCUT2D eigenvalue weighted by Crippen LogP contribution is 2.17. The number of nitrogens with two attached hydrogens (primary N) is 1. The van der Waals surface area contributed by atoms with E-state index in [-0.39, 0.29) is 6.10 Å². The molecule has 80 valence electrons. The fourth-order valence-corrected chi connectivity index (χ4v) is 2.04. The van der Waals surface area contributed by atoms with Crippen LogP contribution in [0.3, 0.4) is 0 Å². The summed E-state index contributed by atoms with van der Waals surface area (Å²) in [5, 5.41) is 4.09. The van der Waals surface area contributed by atoms with Crippen molar-refractivity contribution >= 4 is 11.8 Å². The Morgan fingerprint density at radius 2 is 2.50 bits per heavy atom. The number of rotatable bonds is 6. The van der Waals surface area contributed by atoms with E-state index in [1.807, 2.05) is 26.4 Å². The molecule has 2 N–H and O–H groups in total. The maximum atomic E-state index is 5.57. The van der Waals surface area contributed by atoms with Crippen molar-refractivity contribution < 1.29 is 4.74 Å². The zero-order chi connectivity index (χ0) is 10.4. The summed E-state index contributed by atoms with van der Waals surface area (Å²) in [6.45, 7) is 3.27. The summed E-state index contributed by atoms with van der Waals surface area (Å²) < 4.78 is 7.24. The lowest BCUT2D eigenvalue weighted by Gasteiger charge is -2.13. The van der Waals surface area contributed by atoms with Gasteiger partial charge in [0.15, 0.2) is 0 Å². The monoisotopic (exact) mass is 215 g/mol. The second-order valence-electron chi connectivity index (χ2n) is 2.97. The van der Waals surface area contributed by atoms with E-state index < -0.39 is 0 Å². The minimum Gasteiger partial charge on any atom is -0.376 e. The van der Waals surface area contributed by atoms with Crippen molar-refractivity contribution in [2.75, 3.05) is 18.9 Å². The highest BCUT2D eigenvalue weighted by Gasteiger charge is 2.07. The van der Waals surface area contributed by atoms with E-state index in [1.54, 1.807) is 16.4 Å². The highest BCUT2D eigenvalue weighted by atomic mass is 32.2. The van der Waals surface area contributed by atoms with E-state index in [2.05, 4.69) is 5.10 Å². The smallest absolute Gasteiger partial charge is 0.0790 e. The molecule has 0 aliphatic heterocycles. The Kier molecular flexibility index (Phi) is 5.00. The average Bonchev–Trinajstić information content (AvgIpc) is 2.59. The Morgan fingerprint density at radius 1 is 1.71 bits per heavy atom. The van der Waals surface area contributed by atoms with E-state index in [4.69, 9.17) is 10.5 Å². The Balaban J connectivity index is 2.31. The minimum atomic E-state index is 0.144. The van der Waals surface area contributed by atoms with Gasteiger partial charge >= 0.3 is 0 Å². The van der Waals surface area contributed by atoms with Gasteiger partial charge in [-0.1, -0.05) is 0 Å². The van der Waals surface area contributed by atoms with Gasteiger partial charge in [0.25, 0.3) is 0 Å². The molecule has 0 saturated heterocycles. The number of hydrogen-bond donors (Lipinski definition) is 1. The molecule has 14 heavy (non-hydrogen) atoms. The molecule has 0 fully saturated rings. The van der Waals surface area contributed by atoms with E-state index in [1.165, 1.54) is 0 Å². The molecule has 1 unspecified atom stereocenters. The van der Waals surface area contributed by atoms with Crippen LogP contribution >= 0.6 is 11.8 Å². The number of aryl methyl sites for hydroxylation is 1. The maximum Gasteiger partial charge on any atom is 0.0790 e. The van der Waals surface area contributed by atoms with Gasteiger partial charge in [-0.05, 0) is 6.92 Å². The van der Waals surface area contributed by atoms with Gasteiger partial charge in [0.05, 0.1) is 12.3 Å². The summed E-state index contributed by atoms with van der Waals surface area (Å²) in [6.07, 6.45) is 3.99. The fraction of sp³-hybridized carbons (Fsp3) is 0.667. The molecule has 0 aromatic carbocycles. The first-order valence-corrected chi connectivity index (χ1v) is 5.68. The van der Waals surface area contributed by atoms with Crippen LogP contribution in [0.25, 0.3) is 0 Å². The number of hydrogen-bond acceptors (Lipinski definition) is 4. The molecule has 0 radical (unpaired) electrons. The van der Waals surface area contributed by atoms with Gasteiger partial charge in [-0.3, -0.25) is 4.68 Å². The SMILES string of the molecule is CCOC(CN)CSc1cnn(C)c1. The van der Waals surface area contributed by atoms with Crippen LogP contribution in [0.4, 0.5) is 0 Å². The number of nitrogens with zero attached hydrogens (tertiary/aromatic N) is 2. The first-order valence-electron chi connectivity index (χ1n) is 4.69. The van der Waals surface area contributed by atoms with Crippen molar-refractivity contribution in [2.24, 2.45) is 12.8 Å². The van der Waals surface area contributed by atoms with Crippen LogP contribution in [0, 0.1) is 0 Å². The largest absolute Gasteiger partial charge is 0.376 e. The lowest BCUT2D eigenvalue weighted by atomic mass is 10.4. The minimum absolute atomic E-state index is 0.144. The summed E-state index contributed by atoms with van der Waals surface area (Å²) in [7, 11) is 1.91. The molecule has 1 heterocycles. The molecule has 5 heteroatoms. The molecule has 0 bridgehead atoms. The molecular formula is C9H17N3OS. The number of ether oxygens (including phenoxy) is 1. The summed E-state index contributed by atoms with van der Waals surface area (Å²) in [6, 6.07) is 0. The van der Waals surface area contributed by atoms with Gasteiger partial charge in [0.2, 0.25) is 0 Å². The molecule has 0 amide bonds. The van der Waals surface area contributed by atoms with Crippen molar-refractivity contribution in [3.63, 3.8) is 0 Å². The quantitative estimate of drug-likeness (QED) is 0.716. The normalized spacial score (nSPS) is 13.1. The maximum absolute atomic E-state index is 5.57. The predicted octanol–water partition coefficient (Wildman–Crippen LogP) is 0.876. The standard InChI is InChI=1S/C9H17N3OS/c1-3-13-8(4-10)7-14-9-5-11-12(2)6-9/h5-6,8H,3-4,7,10H2,1-2H3. The Hall–Kier alpha value is -0.520. The van der Waals surface area contributed by atoms with Crippen LogP contribution in [-0.2, 0) is 11.8 Å². The second-order valence-corrected chi connectivity index (χ2v) is 4.07. The zero-order valence-corrected chi connectivity index (χ0v) is 9.46. The molecule has 1 atom stereocenters. The summed E-state index contributed by atoms with van der Waals surface area (Å²) in [5.74, 6) is 0.885. The third kappa shape index (κ3) is 3.69. The molecule has 0 aliphatic rings. The van der Waals surface area contributed by atoms with Crippen LogP contribution in [0.15, 0.2) is 17.3 Å². The first-order chi connectivity index (χ1) is 6.76. The van der Waals surface area contributed by atoms with Gasteiger partial charge in [-0.25, -0.2) is 0 Å². The molecule has 0 spiro atoms. The second kappa shape index (κ2) is 6.06. The van der Waals surface area contributed by atoms with Crippen LogP contribution in [0.1, 0.15) is 6.92 Å². The number of aromatic nitrogens is 2. The molecule has 1 aromatic heterocycles. The van der Waals surface area contributed by atoms with Crippen LogP contribution in [0.5, 0.6) is 0 Å². The lowest BCUT2D eigenvalue weighted by Crippen LogP contribution is -2.26. The average molecular weight is 215 g/mol.